The number of methoxy groups -OCH3 is 1. The van der Waals surface area contributed by atoms with Gasteiger partial charge in [-0.05, 0) is 54.5 Å². The van der Waals surface area contributed by atoms with Crippen molar-refractivity contribution in [1.82, 2.24) is 14.5 Å². The number of aromatic amines is 1. The molecule has 0 spiro atoms. The smallest absolute Gasteiger partial charge is 0.262 e. The molecule has 1 saturated heterocycles. The molecule has 4 rings (SSSR count). The third-order valence-electron chi connectivity index (χ3n) is 6.04. The van der Waals surface area contributed by atoms with E-state index >= 15 is 0 Å². The summed E-state index contributed by atoms with van der Waals surface area (Å²) in [5, 5.41) is 0.504. The van der Waals surface area contributed by atoms with Gasteiger partial charge in [0.25, 0.3) is 11.5 Å². The summed E-state index contributed by atoms with van der Waals surface area (Å²) < 4.78 is 12.3. The largest absolute Gasteiger partial charge is 0.385 e. The Kier molecular flexibility index (Phi) is 7.77. The van der Waals surface area contributed by atoms with Crippen molar-refractivity contribution in [3.63, 3.8) is 0 Å². The quantitative estimate of drug-likeness (QED) is 0.392. The number of hydrogen-bond acceptors (Lipinski definition) is 6. The van der Waals surface area contributed by atoms with E-state index in [-0.39, 0.29) is 11.5 Å². The first kappa shape index (κ1) is 24.1. The van der Waals surface area contributed by atoms with Crippen LogP contribution in [0.3, 0.4) is 0 Å². The first-order chi connectivity index (χ1) is 16.5. The van der Waals surface area contributed by atoms with Crippen molar-refractivity contribution < 1.29 is 14.3 Å². The van der Waals surface area contributed by atoms with Gasteiger partial charge in [-0.25, -0.2) is 0 Å². The summed E-state index contributed by atoms with van der Waals surface area (Å²) in [6.07, 6.45) is 0.689. The van der Waals surface area contributed by atoms with Gasteiger partial charge in [0.15, 0.2) is 4.77 Å². The number of fused-ring (bicyclic) bond motifs is 1. The fourth-order valence-electron chi connectivity index (χ4n) is 4.16. The fourth-order valence-corrected chi connectivity index (χ4v) is 4.44. The zero-order chi connectivity index (χ0) is 24.1. The van der Waals surface area contributed by atoms with Crippen LogP contribution in [-0.2, 0) is 22.6 Å². The summed E-state index contributed by atoms with van der Waals surface area (Å²) in [6, 6.07) is 13.4. The molecule has 0 atom stereocenters. The van der Waals surface area contributed by atoms with Gasteiger partial charge in [0.05, 0.1) is 24.1 Å². The van der Waals surface area contributed by atoms with E-state index in [0.29, 0.717) is 47.4 Å². The van der Waals surface area contributed by atoms with Crippen LogP contribution in [0.5, 0.6) is 0 Å². The molecule has 0 saturated carbocycles. The number of nitrogens with one attached hydrogen (secondary N) is 1. The van der Waals surface area contributed by atoms with Gasteiger partial charge in [0, 0.05) is 58.2 Å². The number of anilines is 1. The molecule has 2 aromatic carbocycles. The van der Waals surface area contributed by atoms with E-state index in [2.05, 4.69) is 34.1 Å². The molecule has 8 nitrogen and oxygen atoms in total. The highest BCUT2D eigenvalue weighted by atomic mass is 32.1. The van der Waals surface area contributed by atoms with Crippen LogP contribution in [0.4, 0.5) is 5.69 Å². The standard InChI is InChI=1S/C25H30N4O4S/c1-27(17-18-4-7-20(8-5-18)28-11-14-33-15-12-28)23(30)19-6-9-21-22(16-19)26-25(34)29(24(21)31)10-3-13-32-2/h4-9,16H,3,10-15,17H2,1-2H3,(H,26,34). The molecular weight excluding hydrogens is 452 g/mol. The van der Waals surface area contributed by atoms with E-state index in [4.69, 9.17) is 21.7 Å². The van der Waals surface area contributed by atoms with Crippen molar-refractivity contribution in [3.8, 4) is 0 Å². The second kappa shape index (κ2) is 10.9. The van der Waals surface area contributed by atoms with Crippen LogP contribution in [0.15, 0.2) is 47.3 Å². The Morgan fingerprint density at radius 1 is 1.18 bits per heavy atom. The molecule has 9 heteroatoms. The molecule has 1 N–H and O–H groups in total. The van der Waals surface area contributed by atoms with Gasteiger partial charge in [0.2, 0.25) is 0 Å². The predicted molar refractivity (Wildman–Crippen MR) is 135 cm³/mol. The molecule has 0 unspecified atom stereocenters. The Balaban J connectivity index is 1.47. The molecular formula is C25H30N4O4S. The second-order valence-electron chi connectivity index (χ2n) is 8.42. The van der Waals surface area contributed by atoms with Crippen molar-refractivity contribution in [3.05, 3.63) is 68.7 Å². The molecule has 34 heavy (non-hydrogen) atoms. The summed E-state index contributed by atoms with van der Waals surface area (Å²) in [5.74, 6) is -0.122. The van der Waals surface area contributed by atoms with E-state index < -0.39 is 0 Å². The van der Waals surface area contributed by atoms with Crippen molar-refractivity contribution in [2.45, 2.75) is 19.5 Å². The molecule has 0 aliphatic carbocycles. The third-order valence-corrected chi connectivity index (χ3v) is 6.36. The van der Waals surface area contributed by atoms with Crippen LogP contribution >= 0.6 is 12.2 Å². The molecule has 2 heterocycles. The van der Waals surface area contributed by atoms with Gasteiger partial charge >= 0.3 is 0 Å². The predicted octanol–water partition coefficient (Wildman–Crippen LogP) is 3.20. The summed E-state index contributed by atoms with van der Waals surface area (Å²) >= 11 is 5.38. The Hall–Kier alpha value is -3.01. The van der Waals surface area contributed by atoms with Crippen molar-refractivity contribution >= 4 is 34.7 Å². The average molecular weight is 483 g/mol. The lowest BCUT2D eigenvalue weighted by atomic mass is 10.1. The molecule has 1 fully saturated rings. The topological polar surface area (TPSA) is 79.8 Å². The van der Waals surface area contributed by atoms with Crippen LogP contribution in [-0.4, -0.2) is 67.4 Å². The van der Waals surface area contributed by atoms with Crippen molar-refractivity contribution in [2.75, 3.05) is 52.0 Å². The lowest BCUT2D eigenvalue weighted by Crippen LogP contribution is -2.36. The number of ether oxygens (including phenoxy) is 2. The monoisotopic (exact) mass is 482 g/mol. The van der Waals surface area contributed by atoms with Gasteiger partial charge in [-0.1, -0.05) is 12.1 Å². The lowest BCUT2D eigenvalue weighted by Gasteiger charge is -2.29. The summed E-state index contributed by atoms with van der Waals surface area (Å²) in [5.41, 5.74) is 3.11. The maximum Gasteiger partial charge on any atom is 0.262 e. The van der Waals surface area contributed by atoms with Crippen molar-refractivity contribution in [2.24, 2.45) is 0 Å². The molecule has 180 valence electrons. The summed E-state index contributed by atoms with van der Waals surface area (Å²) in [6.45, 7) is 4.79. The minimum Gasteiger partial charge on any atom is -0.385 e. The number of morpholine rings is 1. The molecule has 1 aliphatic rings. The average Bonchev–Trinajstić information content (AvgIpc) is 2.86. The number of carbonyl (C=O) groups is 1. The molecule has 1 aliphatic heterocycles. The first-order valence-corrected chi connectivity index (χ1v) is 11.8. The van der Waals surface area contributed by atoms with Crippen LogP contribution < -0.4 is 10.5 Å². The van der Waals surface area contributed by atoms with E-state index in [9.17, 15) is 9.59 Å². The minimum atomic E-state index is -0.164. The van der Waals surface area contributed by atoms with Crippen molar-refractivity contribution in [1.29, 1.82) is 0 Å². The number of nitrogens with zero attached hydrogens (tertiary/aromatic N) is 3. The first-order valence-electron chi connectivity index (χ1n) is 11.4. The molecule has 0 bridgehead atoms. The van der Waals surface area contributed by atoms with Gasteiger partial charge in [-0.3, -0.25) is 14.2 Å². The fraction of sp³-hybridized carbons (Fsp3) is 0.400. The van der Waals surface area contributed by atoms with Crippen LogP contribution in [0, 0.1) is 4.77 Å². The second-order valence-corrected chi connectivity index (χ2v) is 8.81. The lowest BCUT2D eigenvalue weighted by molar-refractivity contribution is 0.0785. The Labute approximate surface area is 203 Å². The summed E-state index contributed by atoms with van der Waals surface area (Å²) in [7, 11) is 3.40. The van der Waals surface area contributed by atoms with Gasteiger partial charge in [-0.2, -0.15) is 0 Å². The van der Waals surface area contributed by atoms with Gasteiger partial charge in [0.1, 0.15) is 0 Å². The number of benzene rings is 2. The van der Waals surface area contributed by atoms with E-state index in [1.54, 1.807) is 37.3 Å². The maximum atomic E-state index is 13.1. The molecule has 3 aromatic rings. The summed E-state index contributed by atoms with van der Waals surface area (Å²) in [4.78, 5) is 33.0. The van der Waals surface area contributed by atoms with Gasteiger partial charge < -0.3 is 24.3 Å². The SMILES string of the molecule is COCCCn1c(=S)[nH]c2cc(C(=O)N(C)Cc3ccc(N4CCOCC4)cc3)ccc2c1=O. The minimum absolute atomic E-state index is 0.122. The molecule has 1 amide bonds. The highest BCUT2D eigenvalue weighted by Crippen LogP contribution is 2.18. The number of aromatic nitrogens is 2. The van der Waals surface area contributed by atoms with E-state index in [0.717, 1.165) is 31.9 Å². The Morgan fingerprint density at radius 3 is 2.62 bits per heavy atom. The highest BCUT2D eigenvalue weighted by molar-refractivity contribution is 7.71. The number of hydrogen-bond donors (Lipinski definition) is 1. The van der Waals surface area contributed by atoms with E-state index in [1.807, 2.05) is 0 Å². The van der Waals surface area contributed by atoms with E-state index in [1.165, 1.54) is 10.3 Å². The van der Waals surface area contributed by atoms with Crippen LogP contribution in [0.2, 0.25) is 0 Å². The zero-order valence-electron chi connectivity index (χ0n) is 19.6. The number of carbonyl (C=O) groups excluding carboxylic acids is 1. The maximum absolute atomic E-state index is 13.1. The Bertz CT molecular complexity index is 1260. The normalized spacial score (nSPS) is 13.9. The number of amides is 1. The van der Waals surface area contributed by atoms with Gasteiger partial charge in [-0.15, -0.1) is 0 Å². The zero-order valence-corrected chi connectivity index (χ0v) is 20.4. The number of H-pyrrole nitrogens is 1. The van der Waals surface area contributed by atoms with Crippen LogP contribution in [0.25, 0.3) is 10.9 Å². The highest BCUT2D eigenvalue weighted by Gasteiger charge is 2.15. The molecule has 1 aromatic heterocycles. The van der Waals surface area contributed by atoms with Crippen LogP contribution in [0.1, 0.15) is 22.3 Å². The Morgan fingerprint density at radius 2 is 1.91 bits per heavy atom. The molecule has 0 radical (unpaired) electrons. The number of rotatable bonds is 8. The third kappa shape index (κ3) is 5.38.